The minimum absolute atomic E-state index is 0.486. The molecule has 1 unspecified atom stereocenters. The highest BCUT2D eigenvalue weighted by Gasteiger charge is 2.07. The van der Waals surface area contributed by atoms with E-state index in [4.69, 9.17) is 4.84 Å². The molecular formula is C11H21NO. The van der Waals surface area contributed by atoms with Crippen molar-refractivity contribution in [1.82, 2.24) is 0 Å². The van der Waals surface area contributed by atoms with Gasteiger partial charge in [0.05, 0.1) is 5.71 Å². The van der Waals surface area contributed by atoms with Gasteiger partial charge in [0.25, 0.3) is 0 Å². The topological polar surface area (TPSA) is 21.6 Å². The summed E-state index contributed by atoms with van der Waals surface area (Å²) in [5.41, 5.74) is 2.50. The molecule has 0 aromatic carbocycles. The van der Waals surface area contributed by atoms with Crippen molar-refractivity contribution in [2.45, 2.75) is 40.5 Å². The van der Waals surface area contributed by atoms with Crippen LogP contribution in [-0.2, 0) is 4.84 Å². The normalized spacial score (nSPS) is 13.8. The molecule has 2 heteroatoms. The lowest BCUT2D eigenvalue weighted by Crippen LogP contribution is -2.09. The zero-order valence-electron chi connectivity index (χ0n) is 9.42. The van der Waals surface area contributed by atoms with Crippen LogP contribution < -0.4 is 0 Å². The van der Waals surface area contributed by atoms with Crippen LogP contribution in [0.5, 0.6) is 0 Å². The predicted molar refractivity (Wildman–Crippen MR) is 57.9 cm³/mol. The molecule has 13 heavy (non-hydrogen) atoms. The van der Waals surface area contributed by atoms with Gasteiger partial charge < -0.3 is 4.84 Å². The Kier molecular flexibility index (Phi) is 6.29. The molecule has 76 valence electrons. The molecule has 0 N–H and O–H groups in total. The van der Waals surface area contributed by atoms with Crippen molar-refractivity contribution in [1.29, 1.82) is 0 Å². The number of hydrogen-bond donors (Lipinski definition) is 0. The monoisotopic (exact) mass is 183 g/mol. The van der Waals surface area contributed by atoms with Crippen LogP contribution in [0.2, 0.25) is 0 Å². The summed E-state index contributed by atoms with van der Waals surface area (Å²) in [6, 6.07) is 0. The molecule has 1 atom stereocenters. The Hall–Kier alpha value is -0.790. The summed E-state index contributed by atoms with van der Waals surface area (Å²) in [5.74, 6) is 0.486. The summed E-state index contributed by atoms with van der Waals surface area (Å²) in [7, 11) is 1.60. The van der Waals surface area contributed by atoms with Gasteiger partial charge in [-0.1, -0.05) is 30.7 Å². The largest absolute Gasteiger partial charge is 0.399 e. The van der Waals surface area contributed by atoms with Crippen LogP contribution in [0.4, 0.5) is 0 Å². The highest BCUT2D eigenvalue weighted by Crippen LogP contribution is 2.10. The average Bonchev–Trinajstić information content (AvgIpc) is 2.10. The van der Waals surface area contributed by atoms with Crippen LogP contribution in [0.3, 0.4) is 0 Å². The molecule has 0 spiro atoms. The maximum atomic E-state index is 4.79. The lowest BCUT2D eigenvalue weighted by molar-refractivity contribution is 0.210. The van der Waals surface area contributed by atoms with Gasteiger partial charge in [-0.2, -0.15) is 0 Å². The highest BCUT2D eigenvalue weighted by molar-refractivity contribution is 5.85. The molecular weight excluding hydrogens is 162 g/mol. The fourth-order valence-corrected chi connectivity index (χ4v) is 1.17. The summed E-state index contributed by atoms with van der Waals surface area (Å²) in [6.45, 7) is 8.52. The summed E-state index contributed by atoms with van der Waals surface area (Å²) in [6.07, 6.45) is 4.26. The van der Waals surface area contributed by atoms with Crippen LogP contribution >= 0.6 is 0 Å². The molecule has 0 rings (SSSR count). The Bertz CT molecular complexity index is 190. The van der Waals surface area contributed by atoms with E-state index in [-0.39, 0.29) is 0 Å². The van der Waals surface area contributed by atoms with Gasteiger partial charge in [-0.15, -0.1) is 0 Å². The molecule has 0 aromatic rings. The summed E-state index contributed by atoms with van der Waals surface area (Å²) in [4.78, 5) is 4.79. The quantitative estimate of drug-likeness (QED) is 0.364. The smallest absolute Gasteiger partial charge is 0.106 e. The van der Waals surface area contributed by atoms with Crippen molar-refractivity contribution < 1.29 is 4.84 Å². The average molecular weight is 183 g/mol. The molecule has 0 aliphatic rings. The van der Waals surface area contributed by atoms with E-state index in [1.165, 1.54) is 5.57 Å². The van der Waals surface area contributed by atoms with Gasteiger partial charge in [0.15, 0.2) is 0 Å². The van der Waals surface area contributed by atoms with Crippen LogP contribution in [-0.4, -0.2) is 12.8 Å². The van der Waals surface area contributed by atoms with Gasteiger partial charge in [0.2, 0.25) is 0 Å². The summed E-state index contributed by atoms with van der Waals surface area (Å²) >= 11 is 0. The first-order valence-electron chi connectivity index (χ1n) is 4.85. The minimum atomic E-state index is 0.486. The molecule has 0 aliphatic carbocycles. The third kappa shape index (κ3) is 5.45. The van der Waals surface area contributed by atoms with E-state index >= 15 is 0 Å². The molecule has 0 aliphatic heterocycles. The van der Waals surface area contributed by atoms with Gasteiger partial charge in [0, 0.05) is 5.92 Å². The van der Waals surface area contributed by atoms with Crippen molar-refractivity contribution in [3.63, 3.8) is 0 Å². The summed E-state index contributed by atoms with van der Waals surface area (Å²) < 4.78 is 0. The van der Waals surface area contributed by atoms with Crippen molar-refractivity contribution in [2.24, 2.45) is 11.1 Å². The molecule has 0 heterocycles. The number of rotatable bonds is 5. The highest BCUT2D eigenvalue weighted by atomic mass is 16.6. The van der Waals surface area contributed by atoms with Gasteiger partial charge >= 0.3 is 0 Å². The third-order valence-electron chi connectivity index (χ3n) is 2.02. The van der Waals surface area contributed by atoms with Crippen molar-refractivity contribution in [2.75, 3.05) is 7.11 Å². The van der Waals surface area contributed by atoms with E-state index in [1.807, 2.05) is 0 Å². The van der Waals surface area contributed by atoms with E-state index in [1.54, 1.807) is 7.11 Å². The Morgan fingerprint density at radius 3 is 2.46 bits per heavy atom. The maximum Gasteiger partial charge on any atom is 0.106 e. The number of nitrogens with zero attached hydrogens (tertiary/aromatic N) is 1. The van der Waals surface area contributed by atoms with E-state index in [0.29, 0.717) is 5.92 Å². The molecule has 0 radical (unpaired) electrons. The van der Waals surface area contributed by atoms with Crippen LogP contribution in [0, 0.1) is 5.92 Å². The second-order valence-electron chi connectivity index (χ2n) is 3.54. The van der Waals surface area contributed by atoms with E-state index in [9.17, 15) is 0 Å². The van der Waals surface area contributed by atoms with Crippen molar-refractivity contribution in [3.8, 4) is 0 Å². The molecule has 0 aromatic heterocycles. The Labute approximate surface area is 81.7 Å². The first-order valence-corrected chi connectivity index (χ1v) is 4.85. The fourth-order valence-electron chi connectivity index (χ4n) is 1.17. The van der Waals surface area contributed by atoms with Gasteiger partial charge in [-0.25, -0.2) is 0 Å². The Balaban J connectivity index is 4.14. The standard InChI is InChI=1S/C11H21NO/c1-6-11(12-13-5)10(4)8-7-9(2)3/h7,10H,6,8H2,1-5H3. The van der Waals surface area contributed by atoms with E-state index in [0.717, 1.165) is 18.6 Å². The van der Waals surface area contributed by atoms with Crippen LogP contribution in [0.1, 0.15) is 40.5 Å². The van der Waals surface area contributed by atoms with Gasteiger partial charge in [0.1, 0.15) is 7.11 Å². The number of allylic oxidation sites excluding steroid dienone is 2. The van der Waals surface area contributed by atoms with E-state index in [2.05, 4.69) is 38.9 Å². The molecule has 0 saturated carbocycles. The first-order chi connectivity index (χ1) is 6.11. The van der Waals surface area contributed by atoms with Gasteiger partial charge in [-0.05, 0) is 26.7 Å². The Morgan fingerprint density at radius 2 is 2.08 bits per heavy atom. The molecule has 0 fully saturated rings. The minimum Gasteiger partial charge on any atom is -0.399 e. The molecule has 0 saturated heterocycles. The second-order valence-corrected chi connectivity index (χ2v) is 3.54. The number of oxime groups is 1. The predicted octanol–water partition coefficient (Wildman–Crippen LogP) is 3.39. The third-order valence-corrected chi connectivity index (χ3v) is 2.02. The first kappa shape index (κ1) is 12.2. The van der Waals surface area contributed by atoms with Crippen LogP contribution in [0.15, 0.2) is 16.8 Å². The second kappa shape index (κ2) is 6.70. The maximum absolute atomic E-state index is 4.79. The fraction of sp³-hybridized carbons (Fsp3) is 0.727. The van der Waals surface area contributed by atoms with Crippen molar-refractivity contribution >= 4 is 5.71 Å². The summed E-state index contributed by atoms with van der Waals surface area (Å²) in [5, 5.41) is 4.01. The lowest BCUT2D eigenvalue weighted by Gasteiger charge is -2.10. The Morgan fingerprint density at radius 1 is 1.46 bits per heavy atom. The lowest BCUT2D eigenvalue weighted by atomic mass is 9.99. The van der Waals surface area contributed by atoms with Crippen LogP contribution in [0.25, 0.3) is 0 Å². The molecule has 0 amide bonds. The zero-order chi connectivity index (χ0) is 10.3. The SMILES string of the molecule is CCC(=NOC)C(C)CC=C(C)C. The zero-order valence-corrected chi connectivity index (χ0v) is 9.42. The van der Waals surface area contributed by atoms with E-state index < -0.39 is 0 Å². The molecule has 0 bridgehead atoms. The molecule has 2 nitrogen and oxygen atoms in total. The van der Waals surface area contributed by atoms with Crippen molar-refractivity contribution in [3.05, 3.63) is 11.6 Å². The number of hydrogen-bond acceptors (Lipinski definition) is 2. The van der Waals surface area contributed by atoms with Gasteiger partial charge in [-0.3, -0.25) is 0 Å².